The minimum Gasteiger partial charge on any atom is -0.195 e. The third-order valence-corrected chi connectivity index (χ3v) is 3.41. The van der Waals surface area contributed by atoms with Gasteiger partial charge in [-0.3, -0.25) is 0 Å². The van der Waals surface area contributed by atoms with E-state index in [0.717, 1.165) is 12.1 Å². The van der Waals surface area contributed by atoms with Gasteiger partial charge in [-0.25, -0.2) is 0 Å². The van der Waals surface area contributed by atoms with E-state index in [1.807, 2.05) is 0 Å². The van der Waals surface area contributed by atoms with Crippen LogP contribution in [0.5, 0.6) is 0 Å². The molecule has 8 heteroatoms. The molecule has 0 bridgehead atoms. The molecule has 0 aliphatic carbocycles. The molecule has 0 heterocycles. The molecule has 1 aromatic carbocycles. The first-order valence-electron chi connectivity index (χ1n) is 4.10. The lowest BCUT2D eigenvalue weighted by atomic mass is 10.1. The van der Waals surface area contributed by atoms with Crippen LogP contribution in [0.3, 0.4) is 0 Å². The van der Waals surface area contributed by atoms with Crippen molar-refractivity contribution in [2.45, 2.75) is 16.9 Å². The highest BCUT2D eigenvalue weighted by Gasteiger charge is 2.62. The Morgan fingerprint density at radius 1 is 0.941 bits per heavy atom. The molecule has 0 unspecified atom stereocenters. The van der Waals surface area contributed by atoms with Crippen LogP contribution in [-0.2, 0) is 0 Å². The number of halogens is 8. The molecule has 1 rings (SSSR count). The molecule has 0 fully saturated rings. The number of hydrogen-bond donors (Lipinski definition) is 0. The molecule has 17 heavy (non-hydrogen) atoms. The van der Waals surface area contributed by atoms with Crippen LogP contribution in [0, 0.1) is 0 Å². The Hall–Kier alpha value is -0.0700. The van der Waals surface area contributed by atoms with E-state index in [2.05, 4.69) is 15.9 Å². The Morgan fingerprint density at radius 2 is 1.35 bits per heavy atom. The monoisotopic (exact) mass is 356 g/mol. The maximum atomic E-state index is 13.0. The summed E-state index contributed by atoms with van der Waals surface area (Å²) >= 11 is 13.4. The first-order chi connectivity index (χ1) is 7.55. The van der Waals surface area contributed by atoms with Crippen molar-refractivity contribution in [3.05, 3.63) is 33.8 Å². The fourth-order valence-corrected chi connectivity index (χ4v) is 2.14. The average molecular weight is 358 g/mol. The summed E-state index contributed by atoms with van der Waals surface area (Å²) in [5, 5.41) is -0.0372. The largest absolute Gasteiger partial charge is 0.454 e. The van der Waals surface area contributed by atoms with E-state index in [0.29, 0.717) is 0 Å². The van der Waals surface area contributed by atoms with Crippen molar-refractivity contribution in [1.82, 2.24) is 0 Å². The highest BCUT2D eigenvalue weighted by Crippen LogP contribution is 2.49. The quantitative estimate of drug-likeness (QED) is 0.475. The molecule has 96 valence electrons. The molecule has 0 N–H and O–H groups in total. The first kappa shape index (κ1) is 15.0. The number of rotatable bonds is 2. The SMILES string of the molecule is FC(F)(F)C(F)(F)[C@H](Br)c1cc(Cl)cc(Cl)c1. The topological polar surface area (TPSA) is 0 Å². The predicted octanol–water partition coefficient (Wildman–Crippen LogP) is 5.63. The molecule has 0 nitrogen and oxygen atoms in total. The second kappa shape index (κ2) is 4.90. The minimum atomic E-state index is -5.66. The molecule has 0 aliphatic rings. The Balaban J connectivity index is 3.16. The lowest BCUT2D eigenvalue weighted by Crippen LogP contribution is -2.39. The molecule has 0 amide bonds. The molecule has 0 saturated carbocycles. The van der Waals surface area contributed by atoms with Gasteiger partial charge in [0.1, 0.15) is 4.83 Å². The van der Waals surface area contributed by atoms with Crippen LogP contribution in [0.2, 0.25) is 10.0 Å². The van der Waals surface area contributed by atoms with Crippen LogP contribution < -0.4 is 0 Å². The predicted molar refractivity (Wildman–Crippen MR) is 59.1 cm³/mol. The van der Waals surface area contributed by atoms with E-state index >= 15 is 0 Å². The molecular formula is C9H4BrCl2F5. The van der Waals surface area contributed by atoms with Gasteiger partial charge in [0.15, 0.2) is 0 Å². The second-order valence-electron chi connectivity index (χ2n) is 3.19. The first-order valence-corrected chi connectivity index (χ1v) is 5.77. The van der Waals surface area contributed by atoms with E-state index < -0.39 is 16.9 Å². The van der Waals surface area contributed by atoms with Crippen molar-refractivity contribution >= 4 is 39.1 Å². The third kappa shape index (κ3) is 3.23. The van der Waals surface area contributed by atoms with Gasteiger partial charge in [0.05, 0.1) is 0 Å². The van der Waals surface area contributed by atoms with Gasteiger partial charge in [-0.2, -0.15) is 22.0 Å². The molecule has 0 aromatic heterocycles. The van der Waals surface area contributed by atoms with Crippen LogP contribution in [0.15, 0.2) is 18.2 Å². The number of hydrogen-bond acceptors (Lipinski definition) is 0. The standard InChI is InChI=1S/C9H4BrCl2F5/c10-7(8(13,14)9(15,16)17)4-1-5(11)3-6(12)2-4/h1-3,7H/t7-/m1/s1. The van der Waals surface area contributed by atoms with Crippen LogP contribution in [0.1, 0.15) is 10.4 Å². The van der Waals surface area contributed by atoms with Crippen molar-refractivity contribution in [3.8, 4) is 0 Å². The third-order valence-electron chi connectivity index (χ3n) is 1.87. The summed E-state index contributed by atoms with van der Waals surface area (Å²) in [5.74, 6) is -4.92. The minimum absolute atomic E-state index is 0.0186. The van der Waals surface area contributed by atoms with Gasteiger partial charge in [-0.15, -0.1) is 0 Å². The summed E-state index contributed by atoms with van der Waals surface area (Å²) in [4.78, 5) is -2.24. The van der Waals surface area contributed by atoms with Gasteiger partial charge < -0.3 is 0 Å². The summed E-state index contributed by atoms with van der Waals surface area (Å²) in [7, 11) is 0. The van der Waals surface area contributed by atoms with Crippen LogP contribution in [-0.4, -0.2) is 12.1 Å². The Kier molecular flexibility index (Phi) is 4.32. The normalized spacial score (nSPS) is 14.8. The summed E-state index contributed by atoms with van der Waals surface area (Å²) < 4.78 is 62.4. The highest BCUT2D eigenvalue weighted by atomic mass is 79.9. The molecule has 0 radical (unpaired) electrons. The lowest BCUT2D eigenvalue weighted by molar-refractivity contribution is -0.281. The number of benzene rings is 1. The zero-order chi connectivity index (χ0) is 13.4. The molecule has 0 aliphatic heterocycles. The maximum Gasteiger partial charge on any atom is 0.454 e. The van der Waals surface area contributed by atoms with Crippen molar-refractivity contribution in [2.24, 2.45) is 0 Å². The van der Waals surface area contributed by atoms with Gasteiger partial charge in [-0.05, 0) is 23.8 Å². The van der Waals surface area contributed by atoms with Gasteiger partial charge in [0, 0.05) is 10.0 Å². The van der Waals surface area contributed by atoms with E-state index in [1.54, 1.807) is 0 Å². The van der Waals surface area contributed by atoms with Gasteiger partial charge >= 0.3 is 12.1 Å². The van der Waals surface area contributed by atoms with Crippen molar-refractivity contribution in [2.75, 3.05) is 0 Å². The summed E-state index contributed by atoms with van der Waals surface area (Å²) in [6.07, 6.45) is -5.66. The van der Waals surface area contributed by atoms with E-state index in [9.17, 15) is 22.0 Å². The van der Waals surface area contributed by atoms with Crippen molar-refractivity contribution in [1.29, 1.82) is 0 Å². The highest BCUT2D eigenvalue weighted by molar-refractivity contribution is 9.09. The zero-order valence-corrected chi connectivity index (χ0v) is 10.9. The van der Waals surface area contributed by atoms with Crippen LogP contribution in [0.4, 0.5) is 22.0 Å². The molecule has 0 spiro atoms. The van der Waals surface area contributed by atoms with Gasteiger partial charge in [0.25, 0.3) is 0 Å². The lowest BCUT2D eigenvalue weighted by Gasteiger charge is -2.25. The summed E-state index contributed by atoms with van der Waals surface area (Å²) in [5.41, 5.74) is -0.343. The smallest absolute Gasteiger partial charge is 0.195 e. The van der Waals surface area contributed by atoms with Crippen LogP contribution >= 0.6 is 39.1 Å². The molecular weight excluding hydrogens is 354 g/mol. The Labute approximate surface area is 112 Å². The fourth-order valence-electron chi connectivity index (χ4n) is 1.07. The van der Waals surface area contributed by atoms with E-state index in [1.165, 1.54) is 6.07 Å². The molecule has 1 aromatic rings. The van der Waals surface area contributed by atoms with Gasteiger partial charge in [0.2, 0.25) is 0 Å². The van der Waals surface area contributed by atoms with Crippen LogP contribution in [0.25, 0.3) is 0 Å². The zero-order valence-electron chi connectivity index (χ0n) is 7.83. The van der Waals surface area contributed by atoms with E-state index in [4.69, 9.17) is 23.2 Å². The Morgan fingerprint density at radius 3 is 1.71 bits per heavy atom. The summed E-state index contributed by atoms with van der Waals surface area (Å²) in [6.45, 7) is 0. The van der Waals surface area contributed by atoms with Gasteiger partial charge in [-0.1, -0.05) is 39.1 Å². The average Bonchev–Trinajstić information content (AvgIpc) is 2.13. The van der Waals surface area contributed by atoms with E-state index in [-0.39, 0.29) is 15.6 Å². The summed E-state index contributed by atoms with van der Waals surface area (Å²) in [6, 6.07) is 3.22. The fraction of sp³-hybridized carbons (Fsp3) is 0.333. The van der Waals surface area contributed by atoms with Crippen molar-refractivity contribution < 1.29 is 22.0 Å². The maximum absolute atomic E-state index is 13.0. The second-order valence-corrected chi connectivity index (χ2v) is 4.97. The molecule has 1 atom stereocenters. The number of alkyl halides is 6. The Bertz CT molecular complexity index is 398. The molecule has 0 saturated heterocycles. The van der Waals surface area contributed by atoms with Crippen molar-refractivity contribution in [3.63, 3.8) is 0 Å².